The van der Waals surface area contributed by atoms with Crippen molar-refractivity contribution in [3.8, 4) is 0 Å². The molecule has 0 aromatic heterocycles. The molecule has 0 N–H and O–H groups in total. The van der Waals surface area contributed by atoms with Gasteiger partial charge in [0.2, 0.25) is 0 Å². The van der Waals surface area contributed by atoms with E-state index >= 15 is 0 Å². The van der Waals surface area contributed by atoms with Gasteiger partial charge in [-0.1, -0.05) is 34.6 Å². The van der Waals surface area contributed by atoms with Gasteiger partial charge in [-0.3, -0.25) is 0 Å². The van der Waals surface area contributed by atoms with E-state index in [0.717, 1.165) is 12.8 Å². The lowest BCUT2D eigenvalue weighted by atomic mass is 9.88. The van der Waals surface area contributed by atoms with Gasteiger partial charge in [-0.2, -0.15) is 9.78 Å². The summed E-state index contributed by atoms with van der Waals surface area (Å²) in [7, 11) is 0. The van der Waals surface area contributed by atoms with Crippen LogP contribution < -0.4 is 0 Å². The van der Waals surface area contributed by atoms with Gasteiger partial charge >= 0.3 is 12.1 Å². The highest BCUT2D eigenvalue weighted by Gasteiger charge is 2.53. The van der Waals surface area contributed by atoms with Crippen LogP contribution >= 0.6 is 0 Å². The van der Waals surface area contributed by atoms with Crippen molar-refractivity contribution >= 4 is 6.16 Å². The molecule has 0 aromatic carbocycles. The molecule has 0 saturated carbocycles. The number of hydrogen-bond donors (Lipinski definition) is 0. The fourth-order valence-electron chi connectivity index (χ4n) is 1.51. The van der Waals surface area contributed by atoms with E-state index in [1.807, 2.05) is 6.92 Å². The first-order valence-corrected chi connectivity index (χ1v) is 6.06. The maximum atomic E-state index is 11.5. The second kappa shape index (κ2) is 5.23. The van der Waals surface area contributed by atoms with Crippen molar-refractivity contribution in [1.82, 2.24) is 0 Å². The second-order valence-electron chi connectivity index (χ2n) is 5.47. The standard InChI is InChI=1S/C12H22O5/c1-6-9(8-11(3,4)5)14-10(13)15-12(7-2)16-17-12/h9H,6-8H2,1-5H3. The molecule has 17 heavy (non-hydrogen) atoms. The topological polar surface area (TPSA) is 60.6 Å². The van der Waals surface area contributed by atoms with Crippen molar-refractivity contribution < 1.29 is 24.0 Å². The van der Waals surface area contributed by atoms with E-state index in [2.05, 4.69) is 30.5 Å². The van der Waals surface area contributed by atoms with E-state index in [1.165, 1.54) is 0 Å². The molecule has 0 amide bonds. The quantitative estimate of drug-likeness (QED) is 0.423. The average Bonchev–Trinajstić information content (AvgIpc) is 2.95. The summed E-state index contributed by atoms with van der Waals surface area (Å²) in [5.41, 5.74) is 0.107. The fourth-order valence-corrected chi connectivity index (χ4v) is 1.51. The van der Waals surface area contributed by atoms with Crippen LogP contribution in [-0.4, -0.2) is 18.2 Å². The van der Waals surface area contributed by atoms with Crippen LogP contribution in [0.5, 0.6) is 0 Å². The van der Waals surface area contributed by atoms with Crippen molar-refractivity contribution in [3.05, 3.63) is 0 Å². The molecule has 1 rings (SSSR count). The predicted molar refractivity (Wildman–Crippen MR) is 60.9 cm³/mol. The highest BCUT2D eigenvalue weighted by atomic mass is 17.5. The lowest BCUT2D eigenvalue weighted by molar-refractivity contribution is -0.0630. The van der Waals surface area contributed by atoms with Crippen LogP contribution in [0, 0.1) is 5.41 Å². The predicted octanol–water partition coefficient (Wildman–Crippen LogP) is 3.38. The molecule has 0 aliphatic carbocycles. The van der Waals surface area contributed by atoms with E-state index < -0.39 is 12.1 Å². The highest BCUT2D eigenvalue weighted by Crippen LogP contribution is 2.35. The van der Waals surface area contributed by atoms with Gasteiger partial charge in [0.1, 0.15) is 6.10 Å². The molecule has 100 valence electrons. The van der Waals surface area contributed by atoms with Gasteiger partial charge in [-0.05, 0) is 18.3 Å². The smallest absolute Gasteiger partial charge is 0.431 e. The van der Waals surface area contributed by atoms with Crippen molar-refractivity contribution in [2.45, 2.75) is 66.0 Å². The van der Waals surface area contributed by atoms with E-state index in [-0.39, 0.29) is 11.5 Å². The summed E-state index contributed by atoms with van der Waals surface area (Å²) in [6.45, 7) is 10.1. The molecule has 1 saturated heterocycles. The molecular weight excluding hydrogens is 224 g/mol. The minimum atomic E-state index is -1.20. The van der Waals surface area contributed by atoms with E-state index in [1.54, 1.807) is 6.92 Å². The van der Waals surface area contributed by atoms with Crippen LogP contribution in [0.2, 0.25) is 0 Å². The second-order valence-corrected chi connectivity index (χ2v) is 5.47. The first kappa shape index (κ1) is 14.3. The summed E-state index contributed by atoms with van der Waals surface area (Å²) in [6, 6.07) is 0. The Kier molecular flexibility index (Phi) is 4.38. The zero-order valence-electron chi connectivity index (χ0n) is 11.2. The zero-order valence-corrected chi connectivity index (χ0v) is 11.2. The number of rotatable bonds is 5. The Morgan fingerprint density at radius 3 is 2.24 bits per heavy atom. The SMILES string of the molecule is CCC(CC(C)(C)C)OC(=O)OC1(CC)OO1. The molecule has 5 heteroatoms. The minimum Gasteiger partial charge on any atom is -0.431 e. The van der Waals surface area contributed by atoms with Crippen LogP contribution in [0.1, 0.15) is 53.9 Å². The van der Waals surface area contributed by atoms with Gasteiger partial charge in [0.05, 0.1) is 0 Å². The largest absolute Gasteiger partial charge is 0.513 e. The normalized spacial score (nSPS) is 19.6. The van der Waals surface area contributed by atoms with E-state index in [4.69, 9.17) is 9.47 Å². The molecule has 1 aliphatic heterocycles. The Bertz CT molecular complexity index is 265. The maximum absolute atomic E-state index is 11.5. The lowest BCUT2D eigenvalue weighted by Gasteiger charge is -2.24. The zero-order chi connectivity index (χ0) is 13.1. The Hall–Kier alpha value is -0.810. The van der Waals surface area contributed by atoms with Gasteiger partial charge in [-0.15, -0.1) is 0 Å². The van der Waals surface area contributed by atoms with Crippen molar-refractivity contribution in [2.75, 3.05) is 0 Å². The maximum Gasteiger partial charge on any atom is 0.513 e. The number of hydrogen-bond acceptors (Lipinski definition) is 5. The van der Waals surface area contributed by atoms with Gasteiger partial charge in [0.25, 0.3) is 0 Å². The van der Waals surface area contributed by atoms with Gasteiger partial charge in [0, 0.05) is 6.42 Å². The Morgan fingerprint density at radius 2 is 1.88 bits per heavy atom. The molecule has 0 aromatic rings. The van der Waals surface area contributed by atoms with E-state index in [0.29, 0.717) is 6.42 Å². The number of carbonyl (C=O) groups excluding carboxylic acids is 1. The molecule has 0 spiro atoms. The van der Waals surface area contributed by atoms with Gasteiger partial charge in [-0.25, -0.2) is 4.79 Å². The first-order chi connectivity index (χ1) is 7.80. The van der Waals surface area contributed by atoms with Crippen LogP contribution in [-0.2, 0) is 19.2 Å². The molecule has 1 fully saturated rings. The number of carbonyl (C=O) groups is 1. The molecule has 0 radical (unpaired) electrons. The number of ether oxygens (including phenoxy) is 2. The molecule has 1 atom stereocenters. The van der Waals surface area contributed by atoms with Crippen molar-refractivity contribution in [1.29, 1.82) is 0 Å². The lowest BCUT2D eigenvalue weighted by Crippen LogP contribution is -2.27. The average molecular weight is 246 g/mol. The first-order valence-electron chi connectivity index (χ1n) is 6.06. The third-order valence-electron chi connectivity index (χ3n) is 2.50. The third-order valence-corrected chi connectivity index (χ3v) is 2.50. The molecule has 1 unspecified atom stereocenters. The monoisotopic (exact) mass is 246 g/mol. The molecule has 0 bridgehead atoms. The molecule has 1 aliphatic rings. The summed E-state index contributed by atoms with van der Waals surface area (Å²) in [5.74, 6) is -1.20. The van der Waals surface area contributed by atoms with E-state index in [9.17, 15) is 4.79 Å². The van der Waals surface area contributed by atoms with Crippen molar-refractivity contribution in [3.63, 3.8) is 0 Å². The minimum absolute atomic E-state index is 0.107. The molecule has 1 heterocycles. The van der Waals surface area contributed by atoms with Gasteiger partial charge < -0.3 is 9.47 Å². The third kappa shape index (κ3) is 4.91. The summed E-state index contributed by atoms with van der Waals surface area (Å²) >= 11 is 0. The van der Waals surface area contributed by atoms with Crippen LogP contribution in [0.15, 0.2) is 0 Å². The Morgan fingerprint density at radius 1 is 1.29 bits per heavy atom. The van der Waals surface area contributed by atoms with Gasteiger partial charge in [0.15, 0.2) is 0 Å². The highest BCUT2D eigenvalue weighted by molar-refractivity contribution is 5.60. The molecule has 5 nitrogen and oxygen atoms in total. The summed E-state index contributed by atoms with van der Waals surface area (Å²) < 4.78 is 10.2. The van der Waals surface area contributed by atoms with Crippen molar-refractivity contribution in [2.24, 2.45) is 5.41 Å². The Balaban J connectivity index is 2.38. The molecular formula is C12H22O5. The van der Waals surface area contributed by atoms with Crippen LogP contribution in [0.4, 0.5) is 4.79 Å². The summed E-state index contributed by atoms with van der Waals surface area (Å²) in [6.07, 6.45) is 1.11. The summed E-state index contributed by atoms with van der Waals surface area (Å²) in [4.78, 5) is 20.7. The Labute approximate surface area is 102 Å². The fraction of sp³-hybridized carbons (Fsp3) is 0.917. The van der Waals surface area contributed by atoms with Crippen LogP contribution in [0.3, 0.4) is 0 Å². The summed E-state index contributed by atoms with van der Waals surface area (Å²) in [5, 5.41) is 0. The van der Waals surface area contributed by atoms with Crippen LogP contribution in [0.25, 0.3) is 0 Å².